The zero-order valence-electron chi connectivity index (χ0n) is 11.4. The average molecular weight is 338 g/mol. The van der Waals surface area contributed by atoms with Crippen LogP contribution in [-0.4, -0.2) is 21.6 Å². The topological polar surface area (TPSA) is 94.1 Å². The van der Waals surface area contributed by atoms with E-state index in [1.807, 2.05) is 0 Å². The molecule has 0 spiro atoms. The molecule has 1 aromatic carbocycles. The third kappa shape index (κ3) is 2.75. The molecule has 0 aliphatic heterocycles. The Morgan fingerprint density at radius 2 is 1.91 bits per heavy atom. The van der Waals surface area contributed by atoms with Crippen LogP contribution in [0.4, 0.5) is 13.2 Å². The molecular formula is C13H9F3N6S. The summed E-state index contributed by atoms with van der Waals surface area (Å²) in [6, 6.07) is 1.21. The first-order valence-electron chi connectivity index (χ1n) is 6.20. The van der Waals surface area contributed by atoms with Crippen molar-refractivity contribution >= 4 is 28.5 Å². The molecule has 6 nitrogen and oxygen atoms in total. The molecule has 0 fully saturated rings. The van der Waals surface area contributed by atoms with Crippen LogP contribution in [-0.2, 0) is 0 Å². The molecule has 0 bridgehead atoms. The predicted molar refractivity (Wildman–Crippen MR) is 81.8 cm³/mol. The van der Waals surface area contributed by atoms with Crippen LogP contribution in [0.2, 0.25) is 0 Å². The molecule has 0 saturated heterocycles. The number of fused-ring (bicyclic) bond motifs is 1. The summed E-state index contributed by atoms with van der Waals surface area (Å²) in [4.78, 5) is 4.75. The number of imidazole rings is 1. The van der Waals surface area contributed by atoms with Crippen LogP contribution in [0.1, 0.15) is 5.69 Å². The van der Waals surface area contributed by atoms with Crippen LogP contribution < -0.4 is 11.5 Å². The van der Waals surface area contributed by atoms with Crippen molar-refractivity contribution in [2.24, 2.45) is 21.7 Å². The van der Waals surface area contributed by atoms with Gasteiger partial charge in [0.1, 0.15) is 11.5 Å². The summed E-state index contributed by atoms with van der Waals surface area (Å²) in [5, 5.41) is 8.88. The second-order valence-corrected chi connectivity index (χ2v) is 5.29. The van der Waals surface area contributed by atoms with Crippen molar-refractivity contribution in [3.05, 3.63) is 46.9 Å². The second-order valence-electron chi connectivity index (χ2n) is 4.42. The first-order chi connectivity index (χ1) is 11.0. The number of nitrogens with two attached hydrogens (primary N) is 2. The van der Waals surface area contributed by atoms with E-state index in [1.165, 1.54) is 17.6 Å². The van der Waals surface area contributed by atoms with Gasteiger partial charge in [-0.1, -0.05) is 0 Å². The molecule has 0 aliphatic rings. The highest BCUT2D eigenvalue weighted by Gasteiger charge is 2.19. The van der Waals surface area contributed by atoms with Gasteiger partial charge in [0.15, 0.2) is 16.6 Å². The molecule has 3 rings (SSSR count). The summed E-state index contributed by atoms with van der Waals surface area (Å²) in [5.74, 6) is -3.65. The van der Waals surface area contributed by atoms with Crippen molar-refractivity contribution in [2.45, 2.75) is 0 Å². The molecule has 0 saturated carbocycles. The molecule has 4 N–H and O–H groups in total. The quantitative estimate of drug-likeness (QED) is 0.331. The maximum absolute atomic E-state index is 14.0. The van der Waals surface area contributed by atoms with Gasteiger partial charge in [0, 0.05) is 23.2 Å². The Kier molecular flexibility index (Phi) is 3.74. The number of hydrogen-bond donors (Lipinski definition) is 2. The van der Waals surface area contributed by atoms with Crippen LogP contribution in [0.5, 0.6) is 0 Å². The normalized spacial score (nSPS) is 11.4. The van der Waals surface area contributed by atoms with Crippen molar-refractivity contribution in [2.75, 3.05) is 0 Å². The molecule has 0 radical (unpaired) electrons. The summed E-state index contributed by atoms with van der Waals surface area (Å²) in [6.45, 7) is 0. The second kappa shape index (κ2) is 5.72. The van der Waals surface area contributed by atoms with Gasteiger partial charge in [0.25, 0.3) is 0 Å². The lowest BCUT2D eigenvalue weighted by Crippen LogP contribution is -2.21. The molecule has 10 heteroatoms. The lowest BCUT2D eigenvalue weighted by atomic mass is 10.1. The molecular weight excluding hydrogens is 329 g/mol. The van der Waals surface area contributed by atoms with E-state index in [2.05, 4.69) is 15.2 Å². The van der Waals surface area contributed by atoms with E-state index in [-0.39, 0.29) is 17.2 Å². The van der Waals surface area contributed by atoms with Crippen LogP contribution >= 0.6 is 11.3 Å². The van der Waals surface area contributed by atoms with Gasteiger partial charge in [-0.05, 0) is 6.07 Å². The standard InChI is InChI=1S/C13H9F3N6S/c14-7-4-9(16)8(15)3-6(7)11-10(5-19-21-12(17)18)22-1-2-23-13(22)20-11/h1-5H,(H4,17,18,21)/b19-5-. The minimum Gasteiger partial charge on any atom is -0.369 e. The fourth-order valence-corrected chi connectivity index (χ4v) is 2.70. The SMILES string of the molecule is NC(N)=N/N=C\c1c(-c2cc(F)c(F)cc2F)nc2sccn12. The van der Waals surface area contributed by atoms with E-state index in [4.69, 9.17) is 11.5 Å². The van der Waals surface area contributed by atoms with Gasteiger partial charge in [0.05, 0.1) is 11.9 Å². The lowest BCUT2D eigenvalue weighted by molar-refractivity contribution is 0.496. The van der Waals surface area contributed by atoms with Crippen LogP contribution in [0.25, 0.3) is 16.2 Å². The fourth-order valence-electron chi connectivity index (χ4n) is 1.98. The van der Waals surface area contributed by atoms with Gasteiger partial charge in [-0.25, -0.2) is 18.2 Å². The molecule has 23 heavy (non-hydrogen) atoms. The van der Waals surface area contributed by atoms with E-state index in [0.29, 0.717) is 16.7 Å². The molecule has 3 aromatic rings. The predicted octanol–water partition coefficient (Wildman–Crippen LogP) is 2.09. The van der Waals surface area contributed by atoms with E-state index < -0.39 is 17.5 Å². The van der Waals surface area contributed by atoms with Gasteiger partial charge in [-0.2, -0.15) is 5.10 Å². The molecule has 0 atom stereocenters. The van der Waals surface area contributed by atoms with Gasteiger partial charge in [-0.3, -0.25) is 4.40 Å². The maximum Gasteiger partial charge on any atom is 0.211 e. The molecule has 118 valence electrons. The Labute approximate surface area is 131 Å². The summed E-state index contributed by atoms with van der Waals surface area (Å²) in [7, 11) is 0. The van der Waals surface area contributed by atoms with Gasteiger partial charge in [-0.15, -0.1) is 16.4 Å². The van der Waals surface area contributed by atoms with E-state index in [1.54, 1.807) is 16.0 Å². The summed E-state index contributed by atoms with van der Waals surface area (Å²) in [5.41, 5.74) is 10.6. The zero-order valence-corrected chi connectivity index (χ0v) is 12.2. The first kappa shape index (κ1) is 15.0. The number of hydrogen-bond acceptors (Lipinski definition) is 4. The third-order valence-corrected chi connectivity index (χ3v) is 3.67. The zero-order chi connectivity index (χ0) is 16.6. The number of guanidine groups is 1. The van der Waals surface area contributed by atoms with Gasteiger partial charge < -0.3 is 11.5 Å². The largest absolute Gasteiger partial charge is 0.369 e. The highest BCUT2D eigenvalue weighted by molar-refractivity contribution is 7.15. The number of benzene rings is 1. The van der Waals surface area contributed by atoms with Crippen LogP contribution in [0.15, 0.2) is 33.9 Å². The summed E-state index contributed by atoms with van der Waals surface area (Å²) in [6.07, 6.45) is 2.92. The van der Waals surface area contributed by atoms with Crippen molar-refractivity contribution in [1.29, 1.82) is 0 Å². The third-order valence-electron chi connectivity index (χ3n) is 2.92. The lowest BCUT2D eigenvalue weighted by Gasteiger charge is -2.03. The number of halogens is 3. The molecule has 2 aromatic heterocycles. The Hall–Kier alpha value is -2.88. The maximum atomic E-state index is 14.0. The molecule has 0 unspecified atom stereocenters. The Bertz CT molecular complexity index is 939. The summed E-state index contributed by atoms with van der Waals surface area (Å²) < 4.78 is 42.2. The Morgan fingerprint density at radius 3 is 2.65 bits per heavy atom. The number of nitrogens with zero attached hydrogens (tertiary/aromatic N) is 4. The number of aromatic nitrogens is 2. The van der Waals surface area contributed by atoms with Crippen molar-refractivity contribution in [3.8, 4) is 11.3 Å². The summed E-state index contributed by atoms with van der Waals surface area (Å²) >= 11 is 1.28. The van der Waals surface area contributed by atoms with E-state index in [9.17, 15) is 13.2 Å². The Morgan fingerprint density at radius 1 is 1.17 bits per heavy atom. The van der Waals surface area contributed by atoms with Crippen molar-refractivity contribution in [3.63, 3.8) is 0 Å². The molecule has 2 heterocycles. The molecule has 0 aliphatic carbocycles. The average Bonchev–Trinajstić information content (AvgIpc) is 3.05. The number of rotatable bonds is 3. The van der Waals surface area contributed by atoms with E-state index >= 15 is 0 Å². The fraction of sp³-hybridized carbons (Fsp3) is 0. The highest BCUT2D eigenvalue weighted by Crippen LogP contribution is 2.29. The number of thiazole rings is 1. The van der Waals surface area contributed by atoms with Gasteiger partial charge in [0.2, 0.25) is 5.96 Å². The van der Waals surface area contributed by atoms with Crippen LogP contribution in [0, 0.1) is 17.5 Å². The molecule has 0 amide bonds. The van der Waals surface area contributed by atoms with E-state index in [0.717, 1.165) is 6.07 Å². The van der Waals surface area contributed by atoms with Gasteiger partial charge >= 0.3 is 0 Å². The minimum absolute atomic E-state index is 0.0998. The smallest absolute Gasteiger partial charge is 0.211 e. The highest BCUT2D eigenvalue weighted by atomic mass is 32.1. The van der Waals surface area contributed by atoms with Crippen LogP contribution in [0.3, 0.4) is 0 Å². The van der Waals surface area contributed by atoms with Crippen molar-refractivity contribution in [1.82, 2.24) is 9.38 Å². The van der Waals surface area contributed by atoms with Crippen molar-refractivity contribution < 1.29 is 13.2 Å². The first-order valence-corrected chi connectivity index (χ1v) is 7.07. The minimum atomic E-state index is -1.28. The Balaban J connectivity index is 2.21. The monoisotopic (exact) mass is 338 g/mol.